The van der Waals surface area contributed by atoms with Gasteiger partial charge in [-0.2, -0.15) is 5.26 Å². The lowest BCUT2D eigenvalue weighted by molar-refractivity contribution is -0.394. The Morgan fingerprint density at radius 3 is 2.24 bits per heavy atom. The molecular formula is C23H16IN3O7. The fourth-order valence-electron chi connectivity index (χ4n) is 3.00. The first-order valence-electron chi connectivity index (χ1n) is 9.51. The van der Waals surface area contributed by atoms with Gasteiger partial charge in [-0.3, -0.25) is 20.2 Å². The number of benzene rings is 3. The molecule has 0 saturated heterocycles. The summed E-state index contributed by atoms with van der Waals surface area (Å²) in [7, 11) is 2.96. The van der Waals surface area contributed by atoms with E-state index in [0.717, 1.165) is 18.2 Å². The Labute approximate surface area is 207 Å². The number of rotatable bonds is 8. The number of nitrogens with zero attached hydrogens (tertiary/aromatic N) is 3. The van der Waals surface area contributed by atoms with Gasteiger partial charge in [-0.15, -0.1) is 0 Å². The Balaban J connectivity index is 2.01. The molecule has 0 aliphatic heterocycles. The zero-order valence-corrected chi connectivity index (χ0v) is 20.0. The first kappa shape index (κ1) is 24.5. The number of halogens is 1. The number of non-ortho nitro benzene ring substituents is 1. The third kappa shape index (κ3) is 5.41. The number of nitro groups is 2. The SMILES string of the molecule is COc1ccc(/C(C#N)=C/c2cc(I)c(Oc3ccc([N+](=O)[O-])cc3[N+](=O)[O-])c(OC)c2)cc1. The second kappa shape index (κ2) is 10.6. The number of ether oxygens (including phenoxy) is 3. The minimum atomic E-state index is -0.757. The van der Waals surface area contributed by atoms with Crippen molar-refractivity contribution in [3.63, 3.8) is 0 Å². The largest absolute Gasteiger partial charge is 0.497 e. The van der Waals surface area contributed by atoms with Crippen LogP contribution in [0, 0.1) is 35.1 Å². The fraction of sp³-hybridized carbons (Fsp3) is 0.0870. The predicted octanol–water partition coefficient (Wildman–Crippen LogP) is 5.98. The molecule has 0 N–H and O–H groups in total. The van der Waals surface area contributed by atoms with Gasteiger partial charge >= 0.3 is 5.69 Å². The standard InChI is InChI=1S/C23H16IN3O7/c1-32-18-6-3-15(4-7-18)16(13-25)9-14-10-19(24)23(22(11-14)33-2)34-21-8-5-17(26(28)29)12-20(21)27(30)31/h3-12H,1-2H3/b16-9+. The maximum atomic E-state index is 11.4. The highest BCUT2D eigenvalue weighted by Crippen LogP contribution is 2.41. The molecule has 0 aliphatic carbocycles. The molecule has 0 fully saturated rings. The molecule has 10 nitrogen and oxygen atoms in total. The number of allylic oxidation sites excluding steroid dienone is 1. The molecule has 11 heteroatoms. The summed E-state index contributed by atoms with van der Waals surface area (Å²) in [5, 5.41) is 32.0. The summed E-state index contributed by atoms with van der Waals surface area (Å²) < 4.78 is 16.9. The van der Waals surface area contributed by atoms with E-state index >= 15 is 0 Å². The van der Waals surface area contributed by atoms with Crippen molar-refractivity contribution in [2.45, 2.75) is 0 Å². The van der Waals surface area contributed by atoms with Crippen LogP contribution in [-0.2, 0) is 0 Å². The van der Waals surface area contributed by atoms with Crippen LogP contribution in [0.2, 0.25) is 0 Å². The summed E-state index contributed by atoms with van der Waals surface area (Å²) in [5.41, 5.74) is 0.754. The molecule has 172 valence electrons. The molecule has 0 aromatic heterocycles. The van der Waals surface area contributed by atoms with E-state index in [1.165, 1.54) is 7.11 Å². The maximum Gasteiger partial charge on any atom is 0.318 e. The average Bonchev–Trinajstić information content (AvgIpc) is 2.83. The Kier molecular flexibility index (Phi) is 7.64. The Morgan fingerprint density at radius 2 is 1.68 bits per heavy atom. The summed E-state index contributed by atoms with van der Waals surface area (Å²) >= 11 is 1.98. The maximum absolute atomic E-state index is 11.4. The monoisotopic (exact) mass is 573 g/mol. The van der Waals surface area contributed by atoms with Gasteiger partial charge in [0.25, 0.3) is 5.69 Å². The van der Waals surface area contributed by atoms with Gasteiger partial charge in [0.2, 0.25) is 5.75 Å². The fourth-order valence-corrected chi connectivity index (χ4v) is 3.73. The van der Waals surface area contributed by atoms with Crippen LogP contribution in [0.3, 0.4) is 0 Å². The van der Waals surface area contributed by atoms with Gasteiger partial charge in [0, 0.05) is 6.07 Å². The number of hydrogen-bond acceptors (Lipinski definition) is 8. The van der Waals surface area contributed by atoms with Gasteiger partial charge < -0.3 is 14.2 Å². The highest BCUT2D eigenvalue weighted by molar-refractivity contribution is 14.1. The predicted molar refractivity (Wildman–Crippen MR) is 132 cm³/mol. The van der Waals surface area contributed by atoms with E-state index in [1.807, 2.05) is 22.6 Å². The minimum absolute atomic E-state index is 0.175. The van der Waals surface area contributed by atoms with E-state index in [2.05, 4.69) is 6.07 Å². The molecule has 3 rings (SSSR count). The normalized spacial score (nSPS) is 10.8. The summed E-state index contributed by atoms with van der Waals surface area (Å²) in [4.78, 5) is 20.9. The molecule has 0 aliphatic rings. The highest BCUT2D eigenvalue weighted by Gasteiger charge is 2.23. The van der Waals surface area contributed by atoms with Crippen LogP contribution in [0.4, 0.5) is 11.4 Å². The molecule has 0 saturated carbocycles. The molecule has 3 aromatic carbocycles. The van der Waals surface area contributed by atoms with Crippen LogP contribution in [0.25, 0.3) is 11.6 Å². The van der Waals surface area contributed by atoms with Crippen molar-refractivity contribution in [3.8, 4) is 29.1 Å². The number of methoxy groups -OCH3 is 2. The smallest absolute Gasteiger partial charge is 0.318 e. The first-order valence-corrected chi connectivity index (χ1v) is 10.6. The Bertz CT molecular complexity index is 1330. The molecule has 0 amide bonds. The van der Waals surface area contributed by atoms with Gasteiger partial charge in [0.15, 0.2) is 11.5 Å². The van der Waals surface area contributed by atoms with E-state index in [-0.39, 0.29) is 17.2 Å². The first-order chi connectivity index (χ1) is 16.3. The van der Waals surface area contributed by atoms with E-state index in [0.29, 0.717) is 26.0 Å². The Hall–Kier alpha value is -4.18. The lowest BCUT2D eigenvalue weighted by Gasteiger charge is -2.13. The topological polar surface area (TPSA) is 138 Å². The zero-order valence-electron chi connectivity index (χ0n) is 17.9. The number of hydrogen-bond donors (Lipinski definition) is 0. The van der Waals surface area contributed by atoms with Crippen LogP contribution >= 0.6 is 22.6 Å². The average molecular weight is 573 g/mol. The second-order valence-corrected chi connectivity index (χ2v) is 7.86. The van der Waals surface area contributed by atoms with Gasteiger partial charge in [0.05, 0.1) is 45.3 Å². The lowest BCUT2D eigenvalue weighted by atomic mass is 10.0. The van der Waals surface area contributed by atoms with Crippen molar-refractivity contribution in [1.29, 1.82) is 5.26 Å². The second-order valence-electron chi connectivity index (χ2n) is 6.70. The van der Waals surface area contributed by atoms with E-state index in [1.54, 1.807) is 49.6 Å². The Morgan fingerprint density at radius 1 is 0.971 bits per heavy atom. The van der Waals surface area contributed by atoms with Crippen molar-refractivity contribution >= 4 is 45.6 Å². The molecule has 0 heterocycles. The lowest BCUT2D eigenvalue weighted by Crippen LogP contribution is -1.99. The van der Waals surface area contributed by atoms with Gasteiger partial charge in [-0.25, -0.2) is 0 Å². The quantitative estimate of drug-likeness (QED) is 0.106. The van der Waals surface area contributed by atoms with Gasteiger partial charge in [-0.05, 0) is 82.3 Å². The molecule has 3 aromatic rings. The van der Waals surface area contributed by atoms with E-state index in [9.17, 15) is 25.5 Å². The molecule has 0 unspecified atom stereocenters. The molecule has 34 heavy (non-hydrogen) atoms. The summed E-state index contributed by atoms with van der Waals surface area (Å²) in [6, 6.07) is 15.6. The minimum Gasteiger partial charge on any atom is -0.497 e. The van der Waals surface area contributed by atoms with Crippen molar-refractivity contribution in [2.24, 2.45) is 0 Å². The van der Waals surface area contributed by atoms with Crippen molar-refractivity contribution < 1.29 is 24.1 Å². The number of nitriles is 1. The van der Waals surface area contributed by atoms with Crippen molar-refractivity contribution in [1.82, 2.24) is 0 Å². The van der Waals surface area contributed by atoms with Crippen molar-refractivity contribution in [2.75, 3.05) is 14.2 Å². The molecule has 0 bridgehead atoms. The third-order valence-corrected chi connectivity index (χ3v) is 5.45. The van der Waals surface area contributed by atoms with Gasteiger partial charge in [0.1, 0.15) is 5.75 Å². The third-order valence-electron chi connectivity index (χ3n) is 4.65. The van der Waals surface area contributed by atoms with Crippen LogP contribution in [0.15, 0.2) is 54.6 Å². The van der Waals surface area contributed by atoms with Crippen LogP contribution in [0.5, 0.6) is 23.0 Å². The summed E-state index contributed by atoms with van der Waals surface area (Å²) in [6.07, 6.45) is 1.67. The zero-order chi connectivity index (χ0) is 24.8. The van der Waals surface area contributed by atoms with Crippen molar-refractivity contribution in [3.05, 3.63) is 89.5 Å². The van der Waals surface area contributed by atoms with Crippen LogP contribution in [-0.4, -0.2) is 24.1 Å². The molecule has 0 radical (unpaired) electrons. The van der Waals surface area contributed by atoms with Crippen LogP contribution < -0.4 is 14.2 Å². The summed E-state index contributed by atoms with van der Waals surface area (Å²) in [6.45, 7) is 0. The van der Waals surface area contributed by atoms with E-state index in [4.69, 9.17) is 14.2 Å². The highest BCUT2D eigenvalue weighted by atomic mass is 127. The molecule has 0 atom stereocenters. The summed E-state index contributed by atoms with van der Waals surface area (Å²) in [5.74, 6) is 0.947. The molecule has 0 spiro atoms. The van der Waals surface area contributed by atoms with Gasteiger partial charge in [-0.1, -0.05) is 0 Å². The van der Waals surface area contributed by atoms with E-state index < -0.39 is 21.2 Å². The number of nitro benzene ring substituents is 2. The molecular weight excluding hydrogens is 557 g/mol. The van der Waals surface area contributed by atoms with Crippen LogP contribution in [0.1, 0.15) is 11.1 Å².